The lowest BCUT2D eigenvalue weighted by molar-refractivity contribution is 0.0676. The van der Waals surface area contributed by atoms with Gasteiger partial charge in [-0.15, -0.1) is 0 Å². The molecule has 1 saturated heterocycles. The van der Waals surface area contributed by atoms with Crippen LogP contribution in [0.1, 0.15) is 40.7 Å². The van der Waals surface area contributed by atoms with Gasteiger partial charge in [-0.1, -0.05) is 17.3 Å². The molecule has 1 atom stereocenters. The minimum Gasteiger partial charge on any atom is -0.409 e. The van der Waals surface area contributed by atoms with Crippen LogP contribution in [-0.2, 0) is 0 Å². The predicted molar refractivity (Wildman–Crippen MR) is 78.0 cm³/mol. The van der Waals surface area contributed by atoms with Crippen molar-refractivity contribution in [1.82, 2.24) is 4.90 Å². The molecule has 0 spiro atoms. The summed E-state index contributed by atoms with van der Waals surface area (Å²) in [6.45, 7) is 4.58. The monoisotopic (exact) mass is 275 g/mol. The van der Waals surface area contributed by atoms with Crippen molar-refractivity contribution in [2.45, 2.75) is 39.2 Å². The molecule has 1 fully saturated rings. The quantitative estimate of drug-likeness (QED) is 0.375. The Morgan fingerprint density at radius 2 is 2.15 bits per heavy atom. The van der Waals surface area contributed by atoms with E-state index in [1.165, 1.54) is 0 Å². The summed E-state index contributed by atoms with van der Waals surface area (Å²) in [5.74, 6) is 0.0749. The fourth-order valence-electron chi connectivity index (χ4n) is 2.69. The number of likely N-dealkylation sites (tertiary alicyclic amines) is 1. The fraction of sp³-hybridized carbons (Fsp3) is 0.467. The highest BCUT2D eigenvalue weighted by atomic mass is 16.4. The molecule has 1 aromatic carbocycles. The van der Waals surface area contributed by atoms with E-state index in [0.29, 0.717) is 12.1 Å². The summed E-state index contributed by atoms with van der Waals surface area (Å²) in [7, 11) is 0. The van der Waals surface area contributed by atoms with Crippen LogP contribution in [0.15, 0.2) is 23.4 Å². The number of rotatable bonds is 2. The number of aryl methyl sites for hydroxylation is 1. The normalized spacial score (nSPS) is 20.0. The summed E-state index contributed by atoms with van der Waals surface area (Å²) in [5, 5.41) is 12.0. The Balaban J connectivity index is 2.32. The van der Waals surface area contributed by atoms with Crippen LogP contribution in [0.3, 0.4) is 0 Å². The van der Waals surface area contributed by atoms with Gasteiger partial charge in [0.2, 0.25) is 0 Å². The van der Waals surface area contributed by atoms with E-state index in [1.54, 1.807) is 4.90 Å². The molecule has 1 amide bonds. The minimum atomic E-state index is -0.304. The number of amides is 1. The Hall–Kier alpha value is -2.04. The smallest absolute Gasteiger partial charge is 0.254 e. The van der Waals surface area contributed by atoms with Crippen molar-refractivity contribution >= 4 is 11.7 Å². The van der Waals surface area contributed by atoms with Crippen LogP contribution in [0.2, 0.25) is 0 Å². The lowest BCUT2D eigenvalue weighted by Gasteiger charge is -2.35. The van der Waals surface area contributed by atoms with Gasteiger partial charge in [0.05, 0.1) is 6.04 Å². The third kappa shape index (κ3) is 2.61. The largest absolute Gasteiger partial charge is 0.409 e. The van der Waals surface area contributed by atoms with Crippen LogP contribution in [0.5, 0.6) is 0 Å². The maximum absolute atomic E-state index is 12.7. The molecule has 0 bridgehead atoms. The summed E-state index contributed by atoms with van der Waals surface area (Å²) < 4.78 is 0. The topological polar surface area (TPSA) is 78.9 Å². The average Bonchev–Trinajstić information content (AvgIpc) is 2.48. The number of carbonyl (C=O) groups excluding carboxylic acids is 1. The second-order valence-electron chi connectivity index (χ2n) is 5.28. The van der Waals surface area contributed by atoms with Gasteiger partial charge in [-0.25, -0.2) is 0 Å². The number of amidine groups is 1. The van der Waals surface area contributed by atoms with Gasteiger partial charge in [-0.05, 0) is 50.3 Å². The highest BCUT2D eigenvalue weighted by Crippen LogP contribution is 2.22. The molecular weight excluding hydrogens is 254 g/mol. The predicted octanol–water partition coefficient (Wildman–Crippen LogP) is 2.04. The summed E-state index contributed by atoms with van der Waals surface area (Å²) in [6.07, 6.45) is 2.68. The lowest BCUT2D eigenvalue weighted by atomic mass is 9.97. The zero-order chi connectivity index (χ0) is 14.7. The number of oxime groups is 1. The number of nitrogens with zero attached hydrogens (tertiary/aromatic N) is 2. The molecule has 5 heteroatoms. The fourth-order valence-corrected chi connectivity index (χ4v) is 2.69. The minimum absolute atomic E-state index is 0.0394. The number of benzene rings is 1. The van der Waals surface area contributed by atoms with Crippen molar-refractivity contribution in [2.75, 3.05) is 6.54 Å². The summed E-state index contributed by atoms with van der Waals surface area (Å²) in [6, 6.07) is 5.41. The molecule has 108 valence electrons. The second kappa shape index (κ2) is 5.94. The SMILES string of the molecule is Cc1cccc(C(=O)N2CCCCC2C(N)=NO)c1C. The van der Waals surface area contributed by atoms with E-state index >= 15 is 0 Å². The Morgan fingerprint density at radius 1 is 1.40 bits per heavy atom. The first-order valence-electron chi connectivity index (χ1n) is 6.91. The van der Waals surface area contributed by atoms with Crippen LogP contribution in [0, 0.1) is 13.8 Å². The number of piperidine rings is 1. The van der Waals surface area contributed by atoms with E-state index in [1.807, 2.05) is 32.0 Å². The number of hydrogen-bond donors (Lipinski definition) is 2. The van der Waals surface area contributed by atoms with Crippen LogP contribution in [-0.4, -0.2) is 34.4 Å². The molecule has 1 aliphatic rings. The van der Waals surface area contributed by atoms with Crippen LogP contribution >= 0.6 is 0 Å². The van der Waals surface area contributed by atoms with E-state index < -0.39 is 0 Å². The molecule has 0 aromatic heterocycles. The van der Waals surface area contributed by atoms with E-state index in [0.717, 1.165) is 30.4 Å². The molecule has 1 unspecified atom stereocenters. The molecule has 5 nitrogen and oxygen atoms in total. The van der Waals surface area contributed by atoms with Crippen molar-refractivity contribution in [1.29, 1.82) is 0 Å². The maximum atomic E-state index is 12.7. The summed E-state index contributed by atoms with van der Waals surface area (Å²) in [5.41, 5.74) is 8.50. The first-order valence-corrected chi connectivity index (χ1v) is 6.91. The molecule has 0 saturated carbocycles. The standard InChI is InChI=1S/C15H21N3O2/c1-10-6-5-7-12(11(10)2)15(19)18-9-4-3-8-13(18)14(16)17-20/h5-7,13,20H,3-4,8-9H2,1-2H3,(H2,16,17). The molecular formula is C15H21N3O2. The lowest BCUT2D eigenvalue weighted by Crippen LogP contribution is -2.50. The van der Waals surface area contributed by atoms with Crippen molar-refractivity contribution in [2.24, 2.45) is 10.9 Å². The first-order chi connectivity index (χ1) is 9.56. The molecule has 20 heavy (non-hydrogen) atoms. The highest BCUT2D eigenvalue weighted by Gasteiger charge is 2.31. The van der Waals surface area contributed by atoms with Gasteiger partial charge in [0.25, 0.3) is 5.91 Å². The van der Waals surface area contributed by atoms with Gasteiger partial charge < -0.3 is 15.8 Å². The van der Waals surface area contributed by atoms with Gasteiger partial charge in [-0.2, -0.15) is 0 Å². The van der Waals surface area contributed by atoms with Gasteiger partial charge in [-0.3, -0.25) is 4.79 Å². The van der Waals surface area contributed by atoms with Crippen molar-refractivity contribution in [3.63, 3.8) is 0 Å². The molecule has 1 aromatic rings. The Bertz CT molecular complexity index is 540. The van der Waals surface area contributed by atoms with E-state index in [4.69, 9.17) is 10.9 Å². The van der Waals surface area contributed by atoms with E-state index in [-0.39, 0.29) is 17.8 Å². The van der Waals surface area contributed by atoms with E-state index in [2.05, 4.69) is 5.16 Å². The van der Waals surface area contributed by atoms with Gasteiger partial charge in [0.1, 0.15) is 0 Å². The van der Waals surface area contributed by atoms with Gasteiger partial charge in [0, 0.05) is 12.1 Å². The number of nitrogens with two attached hydrogens (primary N) is 1. The molecule has 0 radical (unpaired) electrons. The second-order valence-corrected chi connectivity index (χ2v) is 5.28. The van der Waals surface area contributed by atoms with Gasteiger partial charge in [0.15, 0.2) is 5.84 Å². The number of carbonyl (C=O) groups is 1. The van der Waals surface area contributed by atoms with Crippen LogP contribution in [0.25, 0.3) is 0 Å². The van der Waals surface area contributed by atoms with E-state index in [9.17, 15) is 4.79 Å². The van der Waals surface area contributed by atoms with Crippen LogP contribution in [0.4, 0.5) is 0 Å². The van der Waals surface area contributed by atoms with Crippen molar-refractivity contribution < 1.29 is 10.0 Å². The molecule has 1 aliphatic heterocycles. The van der Waals surface area contributed by atoms with Crippen LogP contribution < -0.4 is 5.73 Å². The Kier molecular flexibility index (Phi) is 4.27. The number of hydrogen-bond acceptors (Lipinski definition) is 3. The third-order valence-corrected chi connectivity index (χ3v) is 4.06. The Labute approximate surface area is 119 Å². The molecule has 3 N–H and O–H groups in total. The average molecular weight is 275 g/mol. The zero-order valence-electron chi connectivity index (χ0n) is 12.0. The molecule has 1 heterocycles. The van der Waals surface area contributed by atoms with Gasteiger partial charge >= 0.3 is 0 Å². The molecule has 2 rings (SSSR count). The maximum Gasteiger partial charge on any atom is 0.254 e. The third-order valence-electron chi connectivity index (χ3n) is 4.06. The van der Waals surface area contributed by atoms with Crippen molar-refractivity contribution in [3.05, 3.63) is 34.9 Å². The first kappa shape index (κ1) is 14.4. The highest BCUT2D eigenvalue weighted by molar-refractivity contribution is 5.99. The van der Waals surface area contributed by atoms with Crippen molar-refractivity contribution in [3.8, 4) is 0 Å². The zero-order valence-corrected chi connectivity index (χ0v) is 12.0. The summed E-state index contributed by atoms with van der Waals surface area (Å²) >= 11 is 0. The Morgan fingerprint density at radius 3 is 2.85 bits per heavy atom. The summed E-state index contributed by atoms with van der Waals surface area (Å²) in [4.78, 5) is 14.5. The molecule has 0 aliphatic carbocycles.